The normalized spacial score (nSPS) is 11.0. The van der Waals surface area contributed by atoms with Gasteiger partial charge in [0.1, 0.15) is 5.69 Å². The third-order valence-electron chi connectivity index (χ3n) is 2.73. The number of primary amides is 1. The molecule has 0 fully saturated rings. The maximum atomic E-state index is 11.1. The number of nitrogen functional groups attached to an aromatic ring is 1. The monoisotopic (exact) mass is 273 g/mol. The number of hydrogen-bond acceptors (Lipinski definition) is 5. The van der Waals surface area contributed by atoms with Crippen molar-refractivity contribution in [2.45, 2.75) is 6.92 Å². The van der Waals surface area contributed by atoms with Crippen LogP contribution >= 0.6 is 11.3 Å². The molecule has 0 radical (unpaired) electrons. The van der Waals surface area contributed by atoms with E-state index in [9.17, 15) is 4.79 Å². The predicted molar refractivity (Wildman–Crippen MR) is 74.4 cm³/mol. The number of fused-ring (bicyclic) bond motifs is 1. The summed E-state index contributed by atoms with van der Waals surface area (Å²) in [5.74, 6) is -0.567. The number of nitrogens with two attached hydrogens (primary N) is 2. The fourth-order valence-corrected chi connectivity index (χ4v) is 2.74. The third kappa shape index (κ3) is 1.93. The Labute approximate surface area is 112 Å². The summed E-state index contributed by atoms with van der Waals surface area (Å²) in [5.41, 5.74) is 13.5. The number of anilines is 1. The first-order valence-corrected chi connectivity index (χ1v) is 6.39. The average Bonchev–Trinajstić information content (AvgIpc) is 2.92. The van der Waals surface area contributed by atoms with E-state index in [-0.39, 0.29) is 5.69 Å². The summed E-state index contributed by atoms with van der Waals surface area (Å²) in [6, 6.07) is 5.27. The highest BCUT2D eigenvalue weighted by Gasteiger charge is 2.11. The van der Waals surface area contributed by atoms with Gasteiger partial charge in [-0.3, -0.25) is 4.79 Å². The number of thiazole rings is 1. The fourth-order valence-electron chi connectivity index (χ4n) is 1.88. The number of carbonyl (C=O) groups is 1. The molecule has 4 N–H and O–H groups in total. The van der Waals surface area contributed by atoms with Crippen LogP contribution in [0.2, 0.25) is 0 Å². The second-order valence-electron chi connectivity index (χ2n) is 4.12. The predicted octanol–water partition coefficient (Wildman–Crippen LogP) is 1.47. The number of aromatic nitrogens is 3. The SMILES string of the molecule is Cc1nc2cc(-n3ccc(C(N)=O)n3)c(N)cc2s1. The lowest BCUT2D eigenvalue weighted by molar-refractivity contribution is 0.0995. The topological polar surface area (TPSA) is 99.8 Å². The van der Waals surface area contributed by atoms with Crippen molar-refractivity contribution < 1.29 is 4.79 Å². The standard InChI is InChI=1S/C12H11N5OS/c1-6-15-9-5-10(7(13)4-11(9)19-6)17-3-2-8(16-17)12(14)18/h2-5H,13H2,1H3,(H2,14,18). The Morgan fingerprint density at radius 3 is 2.89 bits per heavy atom. The molecule has 0 bridgehead atoms. The molecular weight excluding hydrogens is 262 g/mol. The zero-order chi connectivity index (χ0) is 13.6. The van der Waals surface area contributed by atoms with Crippen molar-refractivity contribution in [3.8, 4) is 5.69 Å². The minimum Gasteiger partial charge on any atom is -0.397 e. The number of hydrogen-bond donors (Lipinski definition) is 2. The Kier molecular flexibility index (Phi) is 2.49. The van der Waals surface area contributed by atoms with Crippen molar-refractivity contribution in [1.82, 2.24) is 14.8 Å². The Hall–Kier alpha value is -2.41. The Bertz CT molecular complexity index is 789. The van der Waals surface area contributed by atoms with Gasteiger partial charge in [-0.2, -0.15) is 5.10 Å². The van der Waals surface area contributed by atoms with E-state index in [1.807, 2.05) is 19.1 Å². The van der Waals surface area contributed by atoms with Crippen LogP contribution in [-0.2, 0) is 0 Å². The van der Waals surface area contributed by atoms with Gasteiger partial charge in [-0.25, -0.2) is 9.67 Å². The van der Waals surface area contributed by atoms with Gasteiger partial charge in [-0.15, -0.1) is 11.3 Å². The van der Waals surface area contributed by atoms with E-state index in [4.69, 9.17) is 11.5 Å². The van der Waals surface area contributed by atoms with Gasteiger partial charge in [0.05, 0.1) is 26.6 Å². The number of benzene rings is 1. The fraction of sp³-hybridized carbons (Fsp3) is 0.0833. The van der Waals surface area contributed by atoms with Gasteiger partial charge in [0.15, 0.2) is 0 Å². The van der Waals surface area contributed by atoms with E-state index in [1.165, 1.54) is 4.68 Å². The van der Waals surface area contributed by atoms with Crippen molar-refractivity contribution in [3.63, 3.8) is 0 Å². The number of rotatable bonds is 2. The second kappa shape index (κ2) is 4.06. The van der Waals surface area contributed by atoms with E-state index in [0.29, 0.717) is 11.4 Å². The molecule has 2 aromatic heterocycles. The number of nitrogens with zero attached hydrogens (tertiary/aromatic N) is 3. The highest BCUT2D eigenvalue weighted by molar-refractivity contribution is 7.18. The van der Waals surface area contributed by atoms with Gasteiger partial charge >= 0.3 is 0 Å². The summed E-state index contributed by atoms with van der Waals surface area (Å²) in [7, 11) is 0. The Balaban J connectivity index is 2.17. The van der Waals surface area contributed by atoms with Gasteiger partial charge < -0.3 is 11.5 Å². The van der Waals surface area contributed by atoms with Gasteiger partial charge in [0.25, 0.3) is 5.91 Å². The van der Waals surface area contributed by atoms with Crippen molar-refractivity contribution in [1.29, 1.82) is 0 Å². The molecule has 0 aliphatic rings. The molecule has 0 aliphatic heterocycles. The van der Waals surface area contributed by atoms with Crippen molar-refractivity contribution in [2.24, 2.45) is 5.73 Å². The van der Waals surface area contributed by atoms with E-state index in [0.717, 1.165) is 15.2 Å². The molecule has 6 nitrogen and oxygen atoms in total. The quantitative estimate of drug-likeness (QED) is 0.690. The molecule has 0 saturated carbocycles. The third-order valence-corrected chi connectivity index (χ3v) is 3.67. The van der Waals surface area contributed by atoms with Crippen molar-refractivity contribution in [3.05, 3.63) is 35.1 Å². The molecule has 3 rings (SSSR count). The van der Waals surface area contributed by atoms with Crippen LogP contribution < -0.4 is 11.5 Å². The maximum Gasteiger partial charge on any atom is 0.269 e. The first kappa shape index (κ1) is 11.7. The average molecular weight is 273 g/mol. The molecule has 1 amide bonds. The Morgan fingerprint density at radius 1 is 1.42 bits per heavy atom. The minimum atomic E-state index is -0.567. The maximum absolute atomic E-state index is 11.1. The van der Waals surface area contributed by atoms with E-state index in [2.05, 4.69) is 10.1 Å². The summed E-state index contributed by atoms with van der Waals surface area (Å²) in [6.45, 7) is 1.94. The molecule has 0 saturated heterocycles. The molecule has 3 aromatic rings. The molecule has 19 heavy (non-hydrogen) atoms. The molecule has 1 aromatic carbocycles. The van der Waals surface area contributed by atoms with Crippen LogP contribution in [0.3, 0.4) is 0 Å². The van der Waals surface area contributed by atoms with Gasteiger partial charge in [0, 0.05) is 6.20 Å². The zero-order valence-corrected chi connectivity index (χ0v) is 10.9. The zero-order valence-electron chi connectivity index (χ0n) is 10.1. The smallest absolute Gasteiger partial charge is 0.269 e. The summed E-state index contributed by atoms with van der Waals surface area (Å²) < 4.78 is 2.56. The molecular formula is C12H11N5OS. The van der Waals surface area contributed by atoms with E-state index < -0.39 is 5.91 Å². The second-order valence-corrected chi connectivity index (χ2v) is 5.36. The van der Waals surface area contributed by atoms with Gasteiger partial charge in [-0.05, 0) is 25.1 Å². The Morgan fingerprint density at radius 2 is 2.21 bits per heavy atom. The number of carbonyl (C=O) groups excluding carboxylic acids is 1. The first-order chi connectivity index (χ1) is 9.04. The van der Waals surface area contributed by atoms with Crippen LogP contribution in [0.15, 0.2) is 24.4 Å². The lowest BCUT2D eigenvalue weighted by Crippen LogP contribution is -2.12. The number of amides is 1. The minimum absolute atomic E-state index is 0.203. The van der Waals surface area contributed by atoms with E-state index >= 15 is 0 Å². The lowest BCUT2D eigenvalue weighted by atomic mass is 10.2. The molecule has 0 aliphatic carbocycles. The van der Waals surface area contributed by atoms with Crippen LogP contribution in [0.1, 0.15) is 15.5 Å². The van der Waals surface area contributed by atoms with Crippen molar-refractivity contribution >= 4 is 33.1 Å². The molecule has 0 spiro atoms. The summed E-state index contributed by atoms with van der Waals surface area (Å²) in [5, 5.41) is 5.07. The van der Waals surface area contributed by atoms with Crippen LogP contribution in [-0.4, -0.2) is 20.7 Å². The molecule has 0 unspecified atom stereocenters. The summed E-state index contributed by atoms with van der Waals surface area (Å²) in [6.07, 6.45) is 1.65. The summed E-state index contributed by atoms with van der Waals surface area (Å²) in [4.78, 5) is 15.5. The van der Waals surface area contributed by atoms with E-state index in [1.54, 1.807) is 23.6 Å². The highest BCUT2D eigenvalue weighted by atomic mass is 32.1. The molecule has 96 valence electrons. The first-order valence-electron chi connectivity index (χ1n) is 5.57. The van der Waals surface area contributed by atoms with Gasteiger partial charge in [0.2, 0.25) is 0 Å². The summed E-state index contributed by atoms with van der Waals surface area (Å²) >= 11 is 1.59. The van der Waals surface area contributed by atoms with Crippen LogP contribution in [0.25, 0.3) is 15.9 Å². The molecule has 2 heterocycles. The molecule has 7 heteroatoms. The number of aryl methyl sites for hydroxylation is 1. The largest absolute Gasteiger partial charge is 0.397 e. The van der Waals surface area contributed by atoms with Crippen LogP contribution in [0.5, 0.6) is 0 Å². The highest BCUT2D eigenvalue weighted by Crippen LogP contribution is 2.28. The molecule has 0 atom stereocenters. The van der Waals surface area contributed by atoms with Crippen LogP contribution in [0, 0.1) is 6.92 Å². The van der Waals surface area contributed by atoms with Crippen molar-refractivity contribution in [2.75, 3.05) is 5.73 Å². The van der Waals surface area contributed by atoms with Crippen LogP contribution in [0.4, 0.5) is 5.69 Å². The van der Waals surface area contributed by atoms with Gasteiger partial charge in [-0.1, -0.05) is 0 Å². The lowest BCUT2D eigenvalue weighted by Gasteiger charge is -2.05.